The lowest BCUT2D eigenvalue weighted by Gasteiger charge is -2.20. The molecule has 0 aliphatic rings. The van der Waals surface area contributed by atoms with Gasteiger partial charge in [0.1, 0.15) is 0 Å². The van der Waals surface area contributed by atoms with Crippen LogP contribution in [0.25, 0.3) is 12.2 Å². The first-order valence-electron chi connectivity index (χ1n) is 7.26. The lowest BCUT2D eigenvalue weighted by Crippen LogP contribution is -2.28. The van der Waals surface area contributed by atoms with E-state index in [1.807, 2.05) is 32.0 Å². The van der Waals surface area contributed by atoms with Crippen LogP contribution in [0.5, 0.6) is 0 Å². The van der Waals surface area contributed by atoms with Crippen LogP contribution in [-0.4, -0.2) is 0 Å². The van der Waals surface area contributed by atoms with E-state index in [1.54, 1.807) is 0 Å². The van der Waals surface area contributed by atoms with Crippen LogP contribution in [0, 0.1) is 6.92 Å². The van der Waals surface area contributed by atoms with Crippen molar-refractivity contribution in [3.05, 3.63) is 82.9 Å². The van der Waals surface area contributed by atoms with Crippen molar-refractivity contribution in [1.82, 2.24) is 0 Å². The first-order chi connectivity index (χ1) is 9.97. The lowest BCUT2D eigenvalue weighted by atomic mass is 9.92. The Morgan fingerprint density at radius 1 is 0.905 bits per heavy atom. The molecule has 0 heterocycles. The Balaban J connectivity index is 2.10. The van der Waals surface area contributed by atoms with Crippen molar-refractivity contribution in [2.75, 3.05) is 0 Å². The van der Waals surface area contributed by atoms with E-state index in [4.69, 9.17) is 5.73 Å². The first kappa shape index (κ1) is 15.3. The number of allylic oxidation sites excluding steroid dienone is 2. The van der Waals surface area contributed by atoms with Crippen LogP contribution in [0.3, 0.4) is 0 Å². The Morgan fingerprint density at radius 3 is 2.19 bits per heavy atom. The predicted octanol–water partition coefficient (Wildman–Crippen LogP) is 4.92. The summed E-state index contributed by atoms with van der Waals surface area (Å²) in [6.07, 6.45) is 8.36. The topological polar surface area (TPSA) is 26.0 Å². The zero-order valence-corrected chi connectivity index (χ0v) is 13.0. The summed E-state index contributed by atoms with van der Waals surface area (Å²) in [6.45, 7) is 6.18. The molecular weight excluding hydrogens is 254 g/mol. The average Bonchev–Trinajstić information content (AvgIpc) is 2.45. The second-order valence-corrected chi connectivity index (χ2v) is 5.92. The molecule has 0 radical (unpaired) electrons. The van der Waals surface area contributed by atoms with Gasteiger partial charge in [0, 0.05) is 5.54 Å². The second kappa shape index (κ2) is 6.55. The summed E-state index contributed by atoms with van der Waals surface area (Å²) >= 11 is 0. The SMILES string of the molecule is Cc1cc(C(C)(C)N)ccc1/C=C/C=C/c1ccccc1. The minimum atomic E-state index is -0.291. The molecule has 0 spiro atoms. The Morgan fingerprint density at radius 2 is 1.57 bits per heavy atom. The Hall–Kier alpha value is -2.12. The molecule has 0 aromatic heterocycles. The zero-order chi connectivity index (χ0) is 15.3. The van der Waals surface area contributed by atoms with Crippen molar-refractivity contribution in [3.63, 3.8) is 0 Å². The number of hydrogen-bond donors (Lipinski definition) is 1. The molecule has 1 heteroatoms. The molecule has 0 saturated heterocycles. The predicted molar refractivity (Wildman–Crippen MR) is 92.9 cm³/mol. The molecule has 0 aliphatic carbocycles. The van der Waals surface area contributed by atoms with Gasteiger partial charge in [-0.25, -0.2) is 0 Å². The van der Waals surface area contributed by atoms with Crippen LogP contribution in [-0.2, 0) is 5.54 Å². The van der Waals surface area contributed by atoms with Gasteiger partial charge >= 0.3 is 0 Å². The van der Waals surface area contributed by atoms with Gasteiger partial charge in [-0.2, -0.15) is 0 Å². The van der Waals surface area contributed by atoms with Crippen molar-refractivity contribution in [2.45, 2.75) is 26.3 Å². The zero-order valence-electron chi connectivity index (χ0n) is 13.0. The van der Waals surface area contributed by atoms with Gasteiger partial charge in [-0.3, -0.25) is 0 Å². The Labute approximate surface area is 127 Å². The van der Waals surface area contributed by atoms with E-state index in [9.17, 15) is 0 Å². The number of nitrogens with two attached hydrogens (primary N) is 1. The van der Waals surface area contributed by atoms with Gasteiger partial charge in [0.05, 0.1) is 0 Å². The van der Waals surface area contributed by atoms with E-state index < -0.39 is 0 Å². The molecule has 2 N–H and O–H groups in total. The van der Waals surface area contributed by atoms with Crippen LogP contribution in [0.2, 0.25) is 0 Å². The summed E-state index contributed by atoms with van der Waals surface area (Å²) in [4.78, 5) is 0. The van der Waals surface area contributed by atoms with Crippen molar-refractivity contribution < 1.29 is 0 Å². The fourth-order valence-electron chi connectivity index (χ4n) is 2.15. The molecule has 2 rings (SSSR count). The van der Waals surface area contributed by atoms with E-state index >= 15 is 0 Å². The molecule has 0 aliphatic heterocycles. The summed E-state index contributed by atoms with van der Waals surface area (Å²) in [7, 11) is 0. The molecule has 0 atom stereocenters. The quantitative estimate of drug-likeness (QED) is 0.789. The molecule has 0 saturated carbocycles. The van der Waals surface area contributed by atoms with E-state index in [0.29, 0.717) is 0 Å². The average molecular weight is 277 g/mol. The van der Waals surface area contributed by atoms with Gasteiger partial charge in [0.2, 0.25) is 0 Å². The standard InChI is InChI=1S/C20H23N/c1-16-15-19(20(2,3)21)14-13-18(16)12-8-7-11-17-9-5-4-6-10-17/h4-15H,21H2,1-3H3/b11-7+,12-8+. The molecule has 0 unspecified atom stereocenters. The maximum atomic E-state index is 6.13. The highest BCUT2D eigenvalue weighted by Gasteiger charge is 2.14. The highest BCUT2D eigenvalue weighted by atomic mass is 14.7. The summed E-state index contributed by atoms with van der Waals surface area (Å²) in [5.74, 6) is 0. The maximum absolute atomic E-state index is 6.13. The van der Waals surface area contributed by atoms with Crippen LogP contribution in [0.15, 0.2) is 60.7 Å². The third kappa shape index (κ3) is 4.44. The minimum Gasteiger partial charge on any atom is -0.322 e. The fourth-order valence-corrected chi connectivity index (χ4v) is 2.15. The summed E-state index contributed by atoms with van der Waals surface area (Å²) in [5.41, 5.74) is 10.7. The van der Waals surface area contributed by atoms with E-state index in [-0.39, 0.29) is 5.54 Å². The number of rotatable bonds is 4. The molecule has 0 fully saturated rings. The monoisotopic (exact) mass is 277 g/mol. The van der Waals surface area contributed by atoms with Gasteiger partial charge in [-0.1, -0.05) is 72.8 Å². The van der Waals surface area contributed by atoms with Crippen LogP contribution < -0.4 is 5.73 Å². The molecular formula is C20H23N. The molecule has 21 heavy (non-hydrogen) atoms. The Kier molecular flexibility index (Phi) is 4.77. The molecule has 0 amide bonds. The molecule has 1 nitrogen and oxygen atoms in total. The van der Waals surface area contributed by atoms with Gasteiger partial charge in [0.15, 0.2) is 0 Å². The van der Waals surface area contributed by atoms with Crippen molar-refractivity contribution in [1.29, 1.82) is 0 Å². The third-order valence-electron chi connectivity index (χ3n) is 3.49. The summed E-state index contributed by atoms with van der Waals surface area (Å²) in [6, 6.07) is 16.7. The normalized spacial score (nSPS) is 12.4. The highest BCUT2D eigenvalue weighted by molar-refractivity contribution is 5.59. The van der Waals surface area contributed by atoms with Crippen molar-refractivity contribution >= 4 is 12.2 Å². The van der Waals surface area contributed by atoms with E-state index in [0.717, 1.165) is 5.56 Å². The van der Waals surface area contributed by atoms with Gasteiger partial charge in [-0.15, -0.1) is 0 Å². The summed E-state index contributed by atoms with van der Waals surface area (Å²) < 4.78 is 0. The highest BCUT2D eigenvalue weighted by Crippen LogP contribution is 2.21. The van der Waals surface area contributed by atoms with Crippen LogP contribution in [0.4, 0.5) is 0 Å². The number of benzene rings is 2. The largest absolute Gasteiger partial charge is 0.322 e. The van der Waals surface area contributed by atoms with E-state index in [2.05, 4.69) is 61.6 Å². The third-order valence-corrected chi connectivity index (χ3v) is 3.49. The van der Waals surface area contributed by atoms with E-state index in [1.165, 1.54) is 16.7 Å². The van der Waals surface area contributed by atoms with Crippen LogP contribution >= 0.6 is 0 Å². The minimum absolute atomic E-state index is 0.291. The maximum Gasteiger partial charge on any atom is 0.0352 e. The Bertz CT molecular complexity index is 643. The molecule has 0 bridgehead atoms. The molecule has 2 aromatic rings. The van der Waals surface area contributed by atoms with Crippen LogP contribution in [0.1, 0.15) is 36.1 Å². The lowest BCUT2D eigenvalue weighted by molar-refractivity contribution is 0.554. The number of aryl methyl sites for hydroxylation is 1. The fraction of sp³-hybridized carbons (Fsp3) is 0.200. The van der Waals surface area contributed by atoms with Crippen molar-refractivity contribution in [3.8, 4) is 0 Å². The second-order valence-electron chi connectivity index (χ2n) is 5.92. The number of hydrogen-bond acceptors (Lipinski definition) is 1. The molecule has 108 valence electrons. The smallest absolute Gasteiger partial charge is 0.0352 e. The van der Waals surface area contributed by atoms with Gasteiger partial charge in [-0.05, 0) is 43.0 Å². The van der Waals surface area contributed by atoms with Crippen molar-refractivity contribution in [2.24, 2.45) is 5.73 Å². The van der Waals surface area contributed by atoms with Gasteiger partial charge in [0.25, 0.3) is 0 Å². The summed E-state index contributed by atoms with van der Waals surface area (Å²) in [5, 5.41) is 0. The first-order valence-corrected chi connectivity index (χ1v) is 7.26. The van der Waals surface area contributed by atoms with Gasteiger partial charge < -0.3 is 5.73 Å². The molecule has 2 aromatic carbocycles.